The third kappa shape index (κ3) is 2.36. The summed E-state index contributed by atoms with van der Waals surface area (Å²) < 4.78 is 9.54. The monoisotopic (exact) mass is 228 g/mol. The van der Waals surface area contributed by atoms with Crippen LogP contribution in [0, 0.1) is 23.7 Å². The Kier molecular flexibility index (Phi) is 4.33. The van der Waals surface area contributed by atoms with Gasteiger partial charge in [0.15, 0.2) is 0 Å². The Bertz CT molecular complexity index is 274. The van der Waals surface area contributed by atoms with Gasteiger partial charge in [-0.2, -0.15) is 0 Å². The van der Waals surface area contributed by atoms with E-state index < -0.39 is 0 Å². The van der Waals surface area contributed by atoms with Crippen molar-refractivity contribution in [2.24, 2.45) is 23.7 Å². The molecule has 1 aliphatic rings. The maximum absolute atomic E-state index is 11.7. The molecule has 1 saturated carbocycles. The second kappa shape index (κ2) is 5.32. The molecule has 92 valence electrons. The Morgan fingerprint density at radius 1 is 1.19 bits per heavy atom. The van der Waals surface area contributed by atoms with E-state index in [2.05, 4.69) is 0 Å². The van der Waals surface area contributed by atoms with E-state index in [1.54, 1.807) is 0 Å². The molecule has 0 aromatic rings. The van der Waals surface area contributed by atoms with Gasteiger partial charge >= 0.3 is 11.9 Å². The Hall–Kier alpha value is -1.06. The van der Waals surface area contributed by atoms with Crippen LogP contribution in [0.15, 0.2) is 0 Å². The first-order chi connectivity index (χ1) is 7.52. The van der Waals surface area contributed by atoms with Crippen molar-refractivity contribution in [3.05, 3.63) is 0 Å². The lowest BCUT2D eigenvalue weighted by Crippen LogP contribution is -2.32. The Balaban J connectivity index is 2.79. The van der Waals surface area contributed by atoms with Gasteiger partial charge in [0.1, 0.15) is 0 Å². The zero-order valence-corrected chi connectivity index (χ0v) is 10.4. The molecule has 0 aromatic heterocycles. The molecular weight excluding hydrogens is 208 g/mol. The zero-order valence-electron chi connectivity index (χ0n) is 10.4. The van der Waals surface area contributed by atoms with E-state index in [-0.39, 0.29) is 35.6 Å². The van der Waals surface area contributed by atoms with Crippen molar-refractivity contribution >= 4 is 11.9 Å². The predicted octanol–water partition coefficient (Wildman–Crippen LogP) is 1.63. The lowest BCUT2D eigenvalue weighted by molar-refractivity contribution is -0.152. The summed E-state index contributed by atoms with van der Waals surface area (Å²) in [7, 11) is 2.78. The van der Waals surface area contributed by atoms with Gasteiger partial charge < -0.3 is 9.47 Å². The fourth-order valence-corrected chi connectivity index (χ4v) is 2.70. The molecule has 1 rings (SSSR count). The summed E-state index contributed by atoms with van der Waals surface area (Å²) in [6.45, 7) is 3.86. The van der Waals surface area contributed by atoms with Crippen LogP contribution in [0.25, 0.3) is 0 Å². The largest absolute Gasteiger partial charge is 0.469 e. The molecule has 4 atom stereocenters. The standard InChI is InChI=1S/C12H20O4/c1-7-5-6-9(8(2)11(13)15-3)10(7)12(14)16-4/h7-10H,5-6H2,1-4H3/t7-,8?,9-,10+/m0/s1. The molecule has 0 aliphatic heterocycles. The molecule has 0 aromatic carbocycles. The summed E-state index contributed by atoms with van der Waals surface area (Å²) in [6, 6.07) is 0. The highest BCUT2D eigenvalue weighted by Crippen LogP contribution is 2.42. The topological polar surface area (TPSA) is 52.6 Å². The molecule has 0 amide bonds. The molecule has 0 radical (unpaired) electrons. The Labute approximate surface area is 96.3 Å². The van der Waals surface area contributed by atoms with E-state index in [0.717, 1.165) is 12.8 Å². The summed E-state index contributed by atoms with van der Waals surface area (Å²) in [4.78, 5) is 23.2. The minimum atomic E-state index is -0.243. The van der Waals surface area contributed by atoms with Crippen LogP contribution in [0.2, 0.25) is 0 Å². The summed E-state index contributed by atoms with van der Waals surface area (Å²) in [5, 5.41) is 0. The van der Waals surface area contributed by atoms with Crippen LogP contribution in [-0.2, 0) is 19.1 Å². The van der Waals surface area contributed by atoms with Crippen LogP contribution in [0.4, 0.5) is 0 Å². The fraction of sp³-hybridized carbons (Fsp3) is 0.833. The second-order valence-corrected chi connectivity index (χ2v) is 4.58. The third-order valence-electron chi connectivity index (χ3n) is 3.72. The predicted molar refractivity (Wildman–Crippen MR) is 58.6 cm³/mol. The van der Waals surface area contributed by atoms with Gasteiger partial charge in [0, 0.05) is 0 Å². The van der Waals surface area contributed by atoms with Crippen LogP contribution in [0.1, 0.15) is 26.7 Å². The van der Waals surface area contributed by atoms with E-state index in [0.29, 0.717) is 0 Å². The highest BCUT2D eigenvalue weighted by Gasteiger charge is 2.44. The van der Waals surface area contributed by atoms with Crippen LogP contribution in [-0.4, -0.2) is 26.2 Å². The summed E-state index contributed by atoms with van der Waals surface area (Å²) in [5.41, 5.74) is 0. The molecule has 1 unspecified atom stereocenters. The summed E-state index contributed by atoms with van der Waals surface area (Å²) in [6.07, 6.45) is 1.85. The highest BCUT2D eigenvalue weighted by atomic mass is 16.5. The molecule has 16 heavy (non-hydrogen) atoms. The van der Waals surface area contributed by atoms with E-state index in [9.17, 15) is 9.59 Å². The van der Waals surface area contributed by atoms with Crippen molar-refractivity contribution in [1.82, 2.24) is 0 Å². The number of carbonyl (C=O) groups is 2. The van der Waals surface area contributed by atoms with Crippen molar-refractivity contribution in [3.8, 4) is 0 Å². The number of methoxy groups -OCH3 is 2. The Morgan fingerprint density at radius 3 is 2.31 bits per heavy atom. The van der Waals surface area contributed by atoms with Gasteiger partial charge in [-0.3, -0.25) is 9.59 Å². The average molecular weight is 228 g/mol. The SMILES string of the molecule is COC(=O)C(C)[C@@H]1CC[C@H](C)[C@H]1C(=O)OC. The zero-order chi connectivity index (χ0) is 12.3. The molecule has 4 nitrogen and oxygen atoms in total. The molecule has 1 aliphatic carbocycles. The van der Waals surface area contributed by atoms with E-state index in [4.69, 9.17) is 9.47 Å². The van der Waals surface area contributed by atoms with Gasteiger partial charge in [0.25, 0.3) is 0 Å². The first kappa shape index (κ1) is 13.0. The van der Waals surface area contributed by atoms with E-state index in [1.807, 2.05) is 13.8 Å². The van der Waals surface area contributed by atoms with Crippen molar-refractivity contribution in [3.63, 3.8) is 0 Å². The van der Waals surface area contributed by atoms with Gasteiger partial charge in [-0.25, -0.2) is 0 Å². The molecule has 0 heterocycles. The van der Waals surface area contributed by atoms with Crippen molar-refractivity contribution in [1.29, 1.82) is 0 Å². The second-order valence-electron chi connectivity index (χ2n) is 4.58. The number of rotatable bonds is 3. The van der Waals surface area contributed by atoms with Gasteiger partial charge in [-0.15, -0.1) is 0 Å². The van der Waals surface area contributed by atoms with Crippen molar-refractivity contribution in [2.45, 2.75) is 26.7 Å². The summed E-state index contributed by atoms with van der Waals surface area (Å²) in [5.74, 6) is -0.517. The lowest BCUT2D eigenvalue weighted by Gasteiger charge is -2.24. The fourth-order valence-electron chi connectivity index (χ4n) is 2.70. The van der Waals surface area contributed by atoms with E-state index >= 15 is 0 Å². The van der Waals surface area contributed by atoms with Gasteiger partial charge in [-0.1, -0.05) is 13.8 Å². The molecular formula is C12H20O4. The van der Waals surface area contributed by atoms with Crippen LogP contribution >= 0.6 is 0 Å². The maximum Gasteiger partial charge on any atom is 0.309 e. The van der Waals surface area contributed by atoms with Crippen molar-refractivity contribution in [2.75, 3.05) is 14.2 Å². The quantitative estimate of drug-likeness (QED) is 0.689. The highest BCUT2D eigenvalue weighted by molar-refractivity contribution is 5.77. The normalized spacial score (nSPS) is 30.9. The Morgan fingerprint density at radius 2 is 1.81 bits per heavy atom. The number of hydrogen-bond donors (Lipinski definition) is 0. The molecule has 0 saturated heterocycles. The molecule has 0 bridgehead atoms. The third-order valence-corrected chi connectivity index (χ3v) is 3.72. The first-order valence-corrected chi connectivity index (χ1v) is 5.68. The average Bonchev–Trinajstić information content (AvgIpc) is 2.68. The van der Waals surface area contributed by atoms with Gasteiger partial charge in [0.2, 0.25) is 0 Å². The number of ether oxygens (including phenoxy) is 2. The van der Waals surface area contributed by atoms with Gasteiger partial charge in [0.05, 0.1) is 26.1 Å². The van der Waals surface area contributed by atoms with Crippen LogP contribution in [0.3, 0.4) is 0 Å². The molecule has 4 heteroatoms. The smallest absolute Gasteiger partial charge is 0.309 e. The van der Waals surface area contributed by atoms with E-state index in [1.165, 1.54) is 14.2 Å². The minimum Gasteiger partial charge on any atom is -0.469 e. The number of carbonyl (C=O) groups excluding carboxylic acids is 2. The van der Waals surface area contributed by atoms with Gasteiger partial charge in [-0.05, 0) is 24.7 Å². The summed E-state index contributed by atoms with van der Waals surface area (Å²) >= 11 is 0. The lowest BCUT2D eigenvalue weighted by atomic mass is 9.82. The maximum atomic E-state index is 11.7. The van der Waals surface area contributed by atoms with Crippen molar-refractivity contribution < 1.29 is 19.1 Å². The molecule has 0 N–H and O–H groups in total. The molecule has 1 fully saturated rings. The number of esters is 2. The number of hydrogen-bond acceptors (Lipinski definition) is 4. The van der Waals surface area contributed by atoms with Crippen LogP contribution in [0.5, 0.6) is 0 Å². The first-order valence-electron chi connectivity index (χ1n) is 5.68. The van der Waals surface area contributed by atoms with Crippen LogP contribution < -0.4 is 0 Å². The molecule has 0 spiro atoms. The minimum absolute atomic E-state index is 0.0508.